The number of hydrogen-bond donors (Lipinski definition) is 2. The van der Waals surface area contributed by atoms with E-state index in [1.165, 1.54) is 10.9 Å². The van der Waals surface area contributed by atoms with Gasteiger partial charge in [-0.15, -0.1) is 0 Å². The van der Waals surface area contributed by atoms with Gasteiger partial charge in [0.05, 0.1) is 5.69 Å². The number of aromatic amines is 1. The zero-order valence-corrected chi connectivity index (χ0v) is 12.5. The first kappa shape index (κ1) is 13.5. The summed E-state index contributed by atoms with van der Waals surface area (Å²) in [6.07, 6.45) is 3.55. The quantitative estimate of drug-likeness (QED) is 0.593. The second-order valence-electron chi connectivity index (χ2n) is 5.41. The number of hydrogen-bond acceptors (Lipinski definition) is 3. The number of H-pyrrole nitrogens is 1. The van der Waals surface area contributed by atoms with Crippen LogP contribution in [-0.4, -0.2) is 15.0 Å². The van der Waals surface area contributed by atoms with Crippen molar-refractivity contribution in [1.82, 2.24) is 15.0 Å². The standard InChI is InChI=1S/C19H16N4/c1-2-4-14(5-3-1)12-21-19-11-18(22-13-23-19)15-6-7-17-16(10-15)8-9-20-17/h1-11,13,20H,12H2,(H,21,22,23). The molecular weight excluding hydrogens is 284 g/mol. The Kier molecular flexibility index (Phi) is 3.48. The number of rotatable bonds is 4. The fourth-order valence-electron chi connectivity index (χ4n) is 2.61. The van der Waals surface area contributed by atoms with Crippen molar-refractivity contribution in [3.63, 3.8) is 0 Å². The molecule has 0 fully saturated rings. The second kappa shape index (κ2) is 5.93. The number of fused-ring (bicyclic) bond motifs is 1. The zero-order chi connectivity index (χ0) is 15.5. The molecular formula is C19H16N4. The minimum atomic E-state index is 0.744. The maximum Gasteiger partial charge on any atom is 0.130 e. The minimum absolute atomic E-state index is 0.744. The fraction of sp³-hybridized carbons (Fsp3) is 0.0526. The topological polar surface area (TPSA) is 53.6 Å². The molecule has 2 aromatic heterocycles. The van der Waals surface area contributed by atoms with Crippen LogP contribution >= 0.6 is 0 Å². The van der Waals surface area contributed by atoms with E-state index in [0.29, 0.717) is 0 Å². The molecule has 4 rings (SSSR count). The molecule has 23 heavy (non-hydrogen) atoms. The van der Waals surface area contributed by atoms with Gasteiger partial charge >= 0.3 is 0 Å². The summed E-state index contributed by atoms with van der Waals surface area (Å²) in [6.45, 7) is 0.744. The Morgan fingerprint density at radius 3 is 2.74 bits per heavy atom. The summed E-state index contributed by atoms with van der Waals surface area (Å²) in [5.74, 6) is 0.827. The predicted molar refractivity (Wildman–Crippen MR) is 93.1 cm³/mol. The van der Waals surface area contributed by atoms with Crippen molar-refractivity contribution in [2.75, 3.05) is 5.32 Å². The third-order valence-electron chi connectivity index (χ3n) is 3.83. The first-order chi connectivity index (χ1) is 11.4. The molecule has 0 unspecified atom stereocenters. The molecule has 2 heterocycles. The van der Waals surface area contributed by atoms with Crippen LogP contribution in [-0.2, 0) is 6.54 Å². The Balaban J connectivity index is 1.58. The highest BCUT2D eigenvalue weighted by Gasteiger charge is 2.04. The van der Waals surface area contributed by atoms with Crippen LogP contribution in [0.1, 0.15) is 5.56 Å². The van der Waals surface area contributed by atoms with Crippen molar-refractivity contribution in [2.45, 2.75) is 6.54 Å². The van der Waals surface area contributed by atoms with Crippen LogP contribution in [0.15, 0.2) is 73.2 Å². The summed E-state index contributed by atoms with van der Waals surface area (Å²) >= 11 is 0. The van der Waals surface area contributed by atoms with Crippen LogP contribution in [0.25, 0.3) is 22.2 Å². The molecule has 0 atom stereocenters. The van der Waals surface area contributed by atoms with E-state index in [-0.39, 0.29) is 0 Å². The molecule has 0 saturated carbocycles. The van der Waals surface area contributed by atoms with E-state index in [9.17, 15) is 0 Å². The third-order valence-corrected chi connectivity index (χ3v) is 3.83. The smallest absolute Gasteiger partial charge is 0.130 e. The number of aromatic nitrogens is 3. The van der Waals surface area contributed by atoms with Crippen LogP contribution in [0.4, 0.5) is 5.82 Å². The second-order valence-corrected chi connectivity index (χ2v) is 5.41. The van der Waals surface area contributed by atoms with Gasteiger partial charge in [0.15, 0.2) is 0 Å². The van der Waals surface area contributed by atoms with Gasteiger partial charge in [-0.2, -0.15) is 0 Å². The van der Waals surface area contributed by atoms with Crippen molar-refractivity contribution in [2.24, 2.45) is 0 Å². The number of nitrogens with zero attached hydrogens (tertiary/aromatic N) is 2. The molecule has 4 heteroatoms. The van der Waals surface area contributed by atoms with E-state index >= 15 is 0 Å². The lowest BCUT2D eigenvalue weighted by Gasteiger charge is -2.07. The highest BCUT2D eigenvalue weighted by Crippen LogP contribution is 2.23. The lowest BCUT2D eigenvalue weighted by molar-refractivity contribution is 1.08. The monoisotopic (exact) mass is 300 g/mol. The molecule has 2 aromatic carbocycles. The third kappa shape index (κ3) is 2.92. The fourth-order valence-corrected chi connectivity index (χ4v) is 2.61. The first-order valence-electron chi connectivity index (χ1n) is 7.56. The van der Waals surface area contributed by atoms with Crippen LogP contribution in [0.3, 0.4) is 0 Å². The van der Waals surface area contributed by atoms with E-state index in [1.54, 1.807) is 6.33 Å². The number of anilines is 1. The molecule has 0 saturated heterocycles. The highest BCUT2D eigenvalue weighted by molar-refractivity contribution is 5.84. The summed E-state index contributed by atoms with van der Waals surface area (Å²) in [5.41, 5.74) is 4.35. The summed E-state index contributed by atoms with van der Waals surface area (Å²) in [5, 5.41) is 4.53. The maximum atomic E-state index is 4.39. The lowest BCUT2D eigenvalue weighted by atomic mass is 10.1. The normalized spacial score (nSPS) is 10.8. The Morgan fingerprint density at radius 2 is 1.83 bits per heavy atom. The van der Waals surface area contributed by atoms with Gasteiger partial charge in [-0.25, -0.2) is 9.97 Å². The molecule has 112 valence electrons. The van der Waals surface area contributed by atoms with Crippen LogP contribution in [0.5, 0.6) is 0 Å². The van der Waals surface area contributed by atoms with Gasteiger partial charge < -0.3 is 10.3 Å². The maximum absolute atomic E-state index is 4.39. The largest absolute Gasteiger partial charge is 0.366 e. The molecule has 0 aliphatic heterocycles. The van der Waals surface area contributed by atoms with E-state index in [4.69, 9.17) is 0 Å². The molecule has 0 aliphatic carbocycles. The molecule has 0 radical (unpaired) electrons. The van der Waals surface area contributed by atoms with Crippen molar-refractivity contribution >= 4 is 16.7 Å². The summed E-state index contributed by atoms with van der Waals surface area (Å²) in [7, 11) is 0. The van der Waals surface area contributed by atoms with Crippen molar-refractivity contribution < 1.29 is 0 Å². The average Bonchev–Trinajstić information content (AvgIpc) is 3.09. The van der Waals surface area contributed by atoms with Crippen molar-refractivity contribution in [3.8, 4) is 11.3 Å². The molecule has 0 spiro atoms. The van der Waals surface area contributed by atoms with Gasteiger partial charge in [0.1, 0.15) is 12.1 Å². The van der Waals surface area contributed by atoms with Gasteiger partial charge in [-0.1, -0.05) is 36.4 Å². The van der Waals surface area contributed by atoms with Gasteiger partial charge in [-0.3, -0.25) is 0 Å². The Labute approximate surface area is 134 Å². The van der Waals surface area contributed by atoms with Crippen molar-refractivity contribution in [1.29, 1.82) is 0 Å². The first-order valence-corrected chi connectivity index (χ1v) is 7.56. The van der Waals surface area contributed by atoms with Crippen molar-refractivity contribution in [3.05, 3.63) is 78.8 Å². The molecule has 4 nitrogen and oxygen atoms in total. The van der Waals surface area contributed by atoms with Gasteiger partial charge in [-0.05, 0) is 23.8 Å². The van der Waals surface area contributed by atoms with Crippen LogP contribution < -0.4 is 5.32 Å². The molecule has 0 amide bonds. The Bertz CT molecular complexity index is 928. The predicted octanol–water partition coefficient (Wildman–Crippen LogP) is 4.24. The highest BCUT2D eigenvalue weighted by atomic mass is 15.0. The average molecular weight is 300 g/mol. The molecule has 4 aromatic rings. The van der Waals surface area contributed by atoms with Gasteiger partial charge in [0.2, 0.25) is 0 Å². The SMILES string of the molecule is c1ccc(CNc2cc(-c3ccc4[nH]ccc4c3)ncn2)cc1. The van der Waals surface area contributed by atoms with E-state index in [2.05, 4.69) is 56.7 Å². The number of benzene rings is 2. The lowest BCUT2D eigenvalue weighted by Crippen LogP contribution is -2.01. The van der Waals surface area contributed by atoms with Crippen LogP contribution in [0, 0.1) is 0 Å². The van der Waals surface area contributed by atoms with Gasteiger partial charge in [0.25, 0.3) is 0 Å². The van der Waals surface area contributed by atoms with E-state index in [0.717, 1.165) is 29.1 Å². The zero-order valence-electron chi connectivity index (χ0n) is 12.5. The molecule has 0 aliphatic rings. The summed E-state index contributed by atoms with van der Waals surface area (Å²) < 4.78 is 0. The number of nitrogens with one attached hydrogen (secondary N) is 2. The van der Waals surface area contributed by atoms with Gasteiger partial charge in [0, 0.05) is 35.3 Å². The van der Waals surface area contributed by atoms with E-state index < -0.39 is 0 Å². The summed E-state index contributed by atoms with van der Waals surface area (Å²) in [6, 6.07) is 20.6. The minimum Gasteiger partial charge on any atom is -0.366 e. The Morgan fingerprint density at radius 1 is 0.913 bits per heavy atom. The molecule has 2 N–H and O–H groups in total. The summed E-state index contributed by atoms with van der Waals surface area (Å²) in [4.78, 5) is 11.9. The van der Waals surface area contributed by atoms with E-state index in [1.807, 2.05) is 30.5 Å². The Hall–Kier alpha value is -3.14. The van der Waals surface area contributed by atoms with Crippen LogP contribution in [0.2, 0.25) is 0 Å². The molecule has 0 bridgehead atoms.